The number of halogens is 1. The molecule has 1 aromatic carbocycles. The molecule has 1 rings (SSSR count). The van der Waals surface area contributed by atoms with Crippen LogP contribution in [0.3, 0.4) is 0 Å². The standard InChI is InChI=1S/C10H11BrN2O4S/c1-6(11)5-13-18(16,17)9-4-7(12)2-3-8(9)10(14)15/h2-4,13H,1,5,12H2,(H,14,15). The van der Waals surface area contributed by atoms with Crippen molar-refractivity contribution in [2.45, 2.75) is 4.90 Å². The average molecular weight is 335 g/mol. The number of anilines is 1. The molecule has 0 saturated carbocycles. The van der Waals surface area contributed by atoms with Gasteiger partial charge in [0, 0.05) is 16.7 Å². The Kier molecular flexibility index (Phi) is 4.49. The topological polar surface area (TPSA) is 109 Å². The van der Waals surface area contributed by atoms with Gasteiger partial charge in [0.2, 0.25) is 10.0 Å². The van der Waals surface area contributed by atoms with Gasteiger partial charge in [0.05, 0.1) is 10.5 Å². The lowest BCUT2D eigenvalue weighted by atomic mass is 10.2. The van der Waals surface area contributed by atoms with Crippen molar-refractivity contribution in [3.63, 3.8) is 0 Å². The Labute approximate surface area is 113 Å². The Morgan fingerprint density at radius 3 is 2.61 bits per heavy atom. The molecule has 0 saturated heterocycles. The fourth-order valence-electron chi connectivity index (χ4n) is 1.19. The van der Waals surface area contributed by atoms with Gasteiger partial charge in [-0.2, -0.15) is 0 Å². The number of nitrogens with two attached hydrogens (primary N) is 1. The fourth-order valence-corrected chi connectivity index (χ4v) is 2.77. The van der Waals surface area contributed by atoms with E-state index in [4.69, 9.17) is 10.8 Å². The number of carboxylic acid groups (broad SMARTS) is 1. The number of hydrogen-bond acceptors (Lipinski definition) is 4. The van der Waals surface area contributed by atoms with E-state index in [-0.39, 0.29) is 22.7 Å². The van der Waals surface area contributed by atoms with Crippen LogP contribution in [0.15, 0.2) is 34.2 Å². The number of nitrogen functional groups attached to an aromatic ring is 1. The third kappa shape index (κ3) is 3.56. The summed E-state index contributed by atoms with van der Waals surface area (Å²) in [6, 6.07) is 3.57. The molecule has 4 N–H and O–H groups in total. The monoisotopic (exact) mass is 334 g/mol. The summed E-state index contributed by atoms with van der Waals surface area (Å²) in [5, 5.41) is 8.94. The van der Waals surface area contributed by atoms with E-state index < -0.39 is 16.0 Å². The van der Waals surface area contributed by atoms with E-state index in [1.54, 1.807) is 0 Å². The zero-order chi connectivity index (χ0) is 13.9. The van der Waals surface area contributed by atoms with Crippen LogP contribution in [0.5, 0.6) is 0 Å². The van der Waals surface area contributed by atoms with Crippen molar-refractivity contribution in [2.24, 2.45) is 0 Å². The van der Waals surface area contributed by atoms with Gasteiger partial charge in [0.15, 0.2) is 0 Å². The summed E-state index contributed by atoms with van der Waals surface area (Å²) in [5.74, 6) is -1.34. The van der Waals surface area contributed by atoms with Crippen molar-refractivity contribution in [1.82, 2.24) is 4.72 Å². The molecule has 8 heteroatoms. The average Bonchev–Trinajstić information content (AvgIpc) is 2.26. The third-order valence-electron chi connectivity index (χ3n) is 1.98. The van der Waals surface area contributed by atoms with Crippen molar-refractivity contribution in [3.8, 4) is 0 Å². The Bertz CT molecular complexity index is 598. The summed E-state index contributed by atoms with van der Waals surface area (Å²) in [4.78, 5) is 10.6. The van der Waals surface area contributed by atoms with Crippen LogP contribution in [-0.2, 0) is 10.0 Å². The lowest BCUT2D eigenvalue weighted by molar-refractivity contribution is 0.0692. The van der Waals surface area contributed by atoms with E-state index in [0.29, 0.717) is 4.48 Å². The Balaban J connectivity index is 3.26. The predicted molar refractivity (Wildman–Crippen MR) is 71.1 cm³/mol. The van der Waals surface area contributed by atoms with Crippen LogP contribution in [0.25, 0.3) is 0 Å². The van der Waals surface area contributed by atoms with Gasteiger partial charge < -0.3 is 10.8 Å². The zero-order valence-electron chi connectivity index (χ0n) is 9.18. The molecule has 98 valence electrons. The molecular formula is C10H11BrN2O4S. The number of rotatable bonds is 5. The molecule has 0 amide bonds. The number of nitrogens with one attached hydrogen (secondary N) is 1. The van der Waals surface area contributed by atoms with Crippen LogP contribution in [0, 0.1) is 0 Å². The molecule has 0 aromatic heterocycles. The molecule has 0 aliphatic rings. The van der Waals surface area contributed by atoms with Crippen molar-refractivity contribution in [3.05, 3.63) is 34.8 Å². The van der Waals surface area contributed by atoms with E-state index in [0.717, 1.165) is 12.1 Å². The number of sulfonamides is 1. The molecule has 0 aliphatic heterocycles. The summed E-state index contributed by atoms with van der Waals surface area (Å²) in [5.41, 5.74) is 5.30. The highest BCUT2D eigenvalue weighted by Crippen LogP contribution is 2.19. The first-order valence-electron chi connectivity index (χ1n) is 4.70. The second-order valence-corrected chi connectivity index (χ2v) is 6.26. The van der Waals surface area contributed by atoms with Crippen LogP contribution in [0.4, 0.5) is 5.69 Å². The predicted octanol–water partition coefficient (Wildman–Crippen LogP) is 1.15. The first-order valence-corrected chi connectivity index (χ1v) is 6.97. The molecule has 0 fully saturated rings. The number of aromatic carboxylic acids is 1. The second kappa shape index (κ2) is 5.51. The van der Waals surface area contributed by atoms with E-state index in [2.05, 4.69) is 27.2 Å². The van der Waals surface area contributed by atoms with Gasteiger partial charge in [-0.3, -0.25) is 0 Å². The van der Waals surface area contributed by atoms with E-state index in [1.807, 2.05) is 0 Å². The van der Waals surface area contributed by atoms with Crippen molar-refractivity contribution >= 4 is 37.6 Å². The van der Waals surface area contributed by atoms with E-state index in [9.17, 15) is 13.2 Å². The van der Waals surface area contributed by atoms with Crippen LogP contribution in [0.1, 0.15) is 10.4 Å². The van der Waals surface area contributed by atoms with Gasteiger partial charge in [-0.15, -0.1) is 0 Å². The fraction of sp³-hybridized carbons (Fsp3) is 0.100. The molecule has 0 aliphatic carbocycles. The number of carbonyl (C=O) groups is 1. The smallest absolute Gasteiger partial charge is 0.337 e. The van der Waals surface area contributed by atoms with E-state index >= 15 is 0 Å². The van der Waals surface area contributed by atoms with Gasteiger partial charge in [0.1, 0.15) is 0 Å². The van der Waals surface area contributed by atoms with Crippen molar-refractivity contribution in [1.29, 1.82) is 0 Å². The molecule has 1 aromatic rings. The zero-order valence-corrected chi connectivity index (χ0v) is 11.6. The summed E-state index contributed by atoms with van der Waals surface area (Å²) in [6.07, 6.45) is 0. The Morgan fingerprint density at radius 2 is 2.11 bits per heavy atom. The second-order valence-electron chi connectivity index (χ2n) is 3.40. The van der Waals surface area contributed by atoms with Crippen molar-refractivity contribution < 1.29 is 18.3 Å². The summed E-state index contributed by atoms with van der Waals surface area (Å²) in [6.45, 7) is 3.43. The number of benzene rings is 1. The van der Waals surface area contributed by atoms with Gasteiger partial charge in [0.25, 0.3) is 0 Å². The highest BCUT2D eigenvalue weighted by atomic mass is 79.9. The third-order valence-corrected chi connectivity index (χ3v) is 3.70. The minimum atomic E-state index is -3.96. The lowest BCUT2D eigenvalue weighted by Crippen LogP contribution is -2.26. The van der Waals surface area contributed by atoms with E-state index in [1.165, 1.54) is 6.07 Å². The maximum atomic E-state index is 11.9. The molecule has 0 spiro atoms. The number of carboxylic acids is 1. The van der Waals surface area contributed by atoms with Crippen LogP contribution < -0.4 is 10.5 Å². The minimum Gasteiger partial charge on any atom is -0.478 e. The molecule has 18 heavy (non-hydrogen) atoms. The van der Waals surface area contributed by atoms with Crippen molar-refractivity contribution in [2.75, 3.05) is 12.3 Å². The van der Waals surface area contributed by atoms with Crippen LogP contribution >= 0.6 is 15.9 Å². The maximum Gasteiger partial charge on any atom is 0.337 e. The first-order chi connectivity index (χ1) is 8.24. The molecular weight excluding hydrogens is 324 g/mol. The summed E-state index contributed by atoms with van der Waals surface area (Å²) < 4.78 is 26.5. The maximum absolute atomic E-state index is 11.9. The molecule has 0 unspecified atom stereocenters. The quantitative estimate of drug-likeness (QED) is 0.700. The molecule has 0 radical (unpaired) electrons. The van der Waals surface area contributed by atoms with Gasteiger partial charge >= 0.3 is 5.97 Å². The largest absolute Gasteiger partial charge is 0.478 e. The SMILES string of the molecule is C=C(Br)CNS(=O)(=O)c1cc(N)ccc1C(=O)O. The minimum absolute atomic E-state index is 0.0454. The molecule has 0 atom stereocenters. The lowest BCUT2D eigenvalue weighted by Gasteiger charge is -2.09. The normalized spacial score (nSPS) is 11.2. The van der Waals surface area contributed by atoms with Gasteiger partial charge in [-0.05, 0) is 18.2 Å². The first kappa shape index (κ1) is 14.7. The summed E-state index contributed by atoms with van der Waals surface area (Å²) >= 11 is 3.00. The van der Waals surface area contributed by atoms with Crippen LogP contribution in [0.2, 0.25) is 0 Å². The molecule has 6 nitrogen and oxygen atoms in total. The number of hydrogen-bond donors (Lipinski definition) is 3. The highest BCUT2D eigenvalue weighted by Gasteiger charge is 2.22. The summed E-state index contributed by atoms with van der Waals surface area (Å²) in [7, 11) is -3.96. The van der Waals surface area contributed by atoms with Gasteiger partial charge in [-0.25, -0.2) is 17.9 Å². The molecule has 0 heterocycles. The highest BCUT2D eigenvalue weighted by molar-refractivity contribution is 9.11. The molecule has 0 bridgehead atoms. The van der Waals surface area contributed by atoms with Crippen LogP contribution in [-0.4, -0.2) is 26.0 Å². The Hall–Kier alpha value is -1.38. The van der Waals surface area contributed by atoms with Gasteiger partial charge in [-0.1, -0.05) is 22.5 Å². The Morgan fingerprint density at radius 1 is 1.50 bits per heavy atom.